The van der Waals surface area contributed by atoms with Gasteiger partial charge in [0.1, 0.15) is 24.1 Å². The van der Waals surface area contributed by atoms with Crippen LogP contribution in [0.15, 0.2) is 0 Å². The summed E-state index contributed by atoms with van der Waals surface area (Å²) in [4.78, 5) is 8.89. The van der Waals surface area contributed by atoms with Crippen LogP contribution >= 0.6 is 0 Å². The van der Waals surface area contributed by atoms with Crippen LogP contribution in [-0.4, -0.2) is 42.7 Å². The quantitative estimate of drug-likeness (QED) is 0.651. The van der Waals surface area contributed by atoms with E-state index in [0.29, 0.717) is 6.54 Å². The maximum absolute atomic E-state index is 11.9. The van der Waals surface area contributed by atoms with Gasteiger partial charge >= 0.3 is 0 Å². The van der Waals surface area contributed by atoms with Crippen LogP contribution in [0.25, 0.3) is 0 Å². The molecule has 0 saturated carbocycles. The summed E-state index contributed by atoms with van der Waals surface area (Å²) in [5, 5.41) is 6.39. The second-order valence-corrected chi connectivity index (χ2v) is 4.64. The van der Waals surface area contributed by atoms with Crippen molar-refractivity contribution in [2.45, 2.75) is 40.0 Å². The van der Waals surface area contributed by atoms with Crippen molar-refractivity contribution in [3.05, 3.63) is 11.4 Å². The number of aryl methyl sites for hydroxylation is 1. The molecule has 7 heteroatoms. The zero-order valence-electron chi connectivity index (χ0n) is 12.9. The monoisotopic (exact) mass is 302 g/mol. The van der Waals surface area contributed by atoms with Crippen LogP contribution in [0.5, 0.6) is 0 Å². The summed E-state index contributed by atoms with van der Waals surface area (Å²) in [6, 6.07) is 0. The fourth-order valence-corrected chi connectivity index (χ4v) is 1.72. The maximum atomic E-state index is 11.9. The third kappa shape index (κ3) is 6.20. The number of aromatic nitrogens is 2. The molecule has 0 spiro atoms. The average molecular weight is 302 g/mol. The number of ether oxygens (including phenoxy) is 1. The van der Waals surface area contributed by atoms with Gasteiger partial charge in [-0.3, -0.25) is 0 Å². The van der Waals surface area contributed by atoms with Crippen molar-refractivity contribution in [2.24, 2.45) is 0 Å². The molecule has 0 bridgehead atoms. The lowest BCUT2D eigenvalue weighted by Crippen LogP contribution is -2.16. The smallest absolute Gasteiger partial charge is 0.261 e. The topological polar surface area (TPSA) is 59.1 Å². The molecule has 1 heterocycles. The van der Waals surface area contributed by atoms with Crippen molar-refractivity contribution >= 4 is 11.6 Å². The van der Waals surface area contributed by atoms with Gasteiger partial charge in [0.15, 0.2) is 0 Å². The van der Waals surface area contributed by atoms with Crippen LogP contribution in [0.3, 0.4) is 0 Å². The molecule has 0 unspecified atom stereocenters. The number of anilines is 2. The van der Waals surface area contributed by atoms with E-state index in [1.165, 1.54) is 0 Å². The van der Waals surface area contributed by atoms with Gasteiger partial charge in [0, 0.05) is 25.1 Å². The fourth-order valence-electron chi connectivity index (χ4n) is 1.72. The molecule has 5 nitrogen and oxygen atoms in total. The third-order valence-corrected chi connectivity index (χ3v) is 2.83. The lowest BCUT2D eigenvalue weighted by molar-refractivity contribution is 0.0214. The molecular weight excluding hydrogens is 278 g/mol. The molecule has 120 valence electrons. The molecule has 1 aromatic rings. The Morgan fingerprint density at radius 2 is 1.71 bits per heavy atom. The zero-order chi connectivity index (χ0) is 15.7. The predicted molar refractivity (Wildman–Crippen MR) is 80.2 cm³/mol. The van der Waals surface area contributed by atoms with Gasteiger partial charge in [-0.25, -0.2) is 18.7 Å². The highest BCUT2D eigenvalue weighted by atomic mass is 19.3. The third-order valence-electron chi connectivity index (χ3n) is 2.83. The van der Waals surface area contributed by atoms with Crippen molar-refractivity contribution < 1.29 is 13.5 Å². The normalized spacial score (nSPS) is 11.0. The number of alkyl halides is 2. The van der Waals surface area contributed by atoms with Crippen molar-refractivity contribution in [3.8, 4) is 0 Å². The first-order valence-electron chi connectivity index (χ1n) is 7.29. The number of hydrogen-bond acceptors (Lipinski definition) is 5. The van der Waals surface area contributed by atoms with Crippen molar-refractivity contribution in [2.75, 3.05) is 36.9 Å². The molecule has 1 aromatic heterocycles. The Labute approximate surface area is 124 Å². The summed E-state index contributed by atoms with van der Waals surface area (Å²) in [6.07, 6.45) is -0.686. The van der Waals surface area contributed by atoms with E-state index in [0.717, 1.165) is 42.4 Å². The van der Waals surface area contributed by atoms with Gasteiger partial charge in [0.2, 0.25) is 0 Å². The summed E-state index contributed by atoms with van der Waals surface area (Å²) in [7, 11) is 0. The Kier molecular flexibility index (Phi) is 7.89. The molecule has 1 rings (SSSR count). The lowest BCUT2D eigenvalue weighted by Gasteiger charge is -2.14. The van der Waals surface area contributed by atoms with E-state index < -0.39 is 13.0 Å². The Morgan fingerprint density at radius 3 is 2.24 bits per heavy atom. The molecule has 2 N–H and O–H groups in total. The molecule has 0 aromatic carbocycles. The molecular formula is C14H24F2N4O. The van der Waals surface area contributed by atoms with E-state index in [1.807, 2.05) is 13.8 Å². The maximum Gasteiger partial charge on any atom is 0.261 e. The molecule has 0 aliphatic carbocycles. The highest BCUT2D eigenvalue weighted by Crippen LogP contribution is 2.20. The summed E-state index contributed by atoms with van der Waals surface area (Å²) in [6.45, 7) is 6.97. The fraction of sp³-hybridized carbons (Fsp3) is 0.714. The molecule has 21 heavy (non-hydrogen) atoms. The molecule has 0 aliphatic rings. The van der Waals surface area contributed by atoms with E-state index in [2.05, 4.69) is 27.5 Å². The summed E-state index contributed by atoms with van der Waals surface area (Å²) in [5.41, 5.74) is 0.925. The standard InChI is InChI=1S/C14H24F2N4O/c1-4-6-17-13-10(3)14(20-12(5-2)19-13)18-7-8-21-9-11(15)16/h11H,4-9H2,1-3H3,(H2,17,18,19,20). The van der Waals surface area contributed by atoms with Gasteiger partial charge < -0.3 is 15.4 Å². The molecule has 0 aliphatic heterocycles. The first-order chi connectivity index (χ1) is 10.1. The zero-order valence-corrected chi connectivity index (χ0v) is 12.9. The SMILES string of the molecule is CCCNc1nc(CC)nc(NCCOCC(F)F)c1C. The minimum atomic E-state index is -2.43. The Hall–Kier alpha value is -1.50. The molecule has 0 saturated heterocycles. The Bertz CT molecular complexity index is 430. The highest BCUT2D eigenvalue weighted by Gasteiger charge is 2.09. The minimum absolute atomic E-state index is 0.215. The summed E-state index contributed by atoms with van der Waals surface area (Å²) >= 11 is 0. The molecule has 0 fully saturated rings. The number of nitrogens with zero attached hydrogens (tertiary/aromatic N) is 2. The number of nitrogens with one attached hydrogen (secondary N) is 2. The van der Waals surface area contributed by atoms with Crippen LogP contribution < -0.4 is 10.6 Å². The second kappa shape index (κ2) is 9.44. The van der Waals surface area contributed by atoms with Crippen LogP contribution in [0.4, 0.5) is 20.4 Å². The largest absolute Gasteiger partial charge is 0.374 e. The van der Waals surface area contributed by atoms with Crippen molar-refractivity contribution in [1.29, 1.82) is 0 Å². The molecule has 0 radical (unpaired) electrons. The van der Waals surface area contributed by atoms with Crippen molar-refractivity contribution in [1.82, 2.24) is 9.97 Å². The van der Waals surface area contributed by atoms with Gasteiger partial charge in [-0.2, -0.15) is 0 Å². The Morgan fingerprint density at radius 1 is 1.10 bits per heavy atom. The van der Waals surface area contributed by atoms with Gasteiger partial charge in [-0.05, 0) is 13.3 Å². The first-order valence-corrected chi connectivity index (χ1v) is 7.29. The lowest BCUT2D eigenvalue weighted by atomic mass is 10.2. The van der Waals surface area contributed by atoms with Crippen LogP contribution in [0, 0.1) is 6.92 Å². The number of hydrogen-bond donors (Lipinski definition) is 2. The summed E-state index contributed by atoms with van der Waals surface area (Å²) < 4.78 is 28.7. The Balaban J connectivity index is 2.62. The van der Waals surface area contributed by atoms with E-state index in [9.17, 15) is 8.78 Å². The van der Waals surface area contributed by atoms with Gasteiger partial charge in [0.25, 0.3) is 6.43 Å². The van der Waals surface area contributed by atoms with Gasteiger partial charge in [0.05, 0.1) is 6.61 Å². The summed E-state index contributed by atoms with van der Waals surface area (Å²) in [5.74, 6) is 2.29. The number of rotatable bonds is 10. The van der Waals surface area contributed by atoms with Crippen LogP contribution in [0.1, 0.15) is 31.7 Å². The van der Waals surface area contributed by atoms with Crippen molar-refractivity contribution in [3.63, 3.8) is 0 Å². The van der Waals surface area contributed by atoms with E-state index in [4.69, 9.17) is 4.74 Å². The van der Waals surface area contributed by atoms with Crippen LogP contribution in [-0.2, 0) is 11.2 Å². The average Bonchev–Trinajstić information content (AvgIpc) is 2.46. The first kappa shape index (κ1) is 17.6. The van der Waals surface area contributed by atoms with Crippen LogP contribution in [0.2, 0.25) is 0 Å². The predicted octanol–water partition coefficient (Wildman–Crippen LogP) is 2.86. The van der Waals surface area contributed by atoms with E-state index in [-0.39, 0.29) is 6.61 Å². The van der Waals surface area contributed by atoms with Gasteiger partial charge in [-0.1, -0.05) is 13.8 Å². The van der Waals surface area contributed by atoms with E-state index in [1.54, 1.807) is 0 Å². The minimum Gasteiger partial charge on any atom is -0.374 e. The number of halogens is 2. The second-order valence-electron chi connectivity index (χ2n) is 4.64. The molecule has 0 atom stereocenters. The van der Waals surface area contributed by atoms with E-state index >= 15 is 0 Å². The highest BCUT2D eigenvalue weighted by molar-refractivity contribution is 5.57. The van der Waals surface area contributed by atoms with Gasteiger partial charge in [-0.15, -0.1) is 0 Å². The molecule has 0 amide bonds.